The first-order valence-corrected chi connectivity index (χ1v) is 9.72. The molecule has 4 aliphatic carbocycles. The number of esters is 3. The summed E-state index contributed by atoms with van der Waals surface area (Å²) in [5.41, 5.74) is -0.905. The largest absolute Gasteiger partial charge is 0.459 e. The number of carbonyl (C=O) groups is 3. The Morgan fingerprint density at radius 1 is 0.846 bits per heavy atom. The van der Waals surface area contributed by atoms with Crippen LogP contribution in [0.5, 0.6) is 0 Å². The zero-order valence-corrected chi connectivity index (χ0v) is 16.0. The maximum absolute atomic E-state index is 12.2. The van der Waals surface area contributed by atoms with Gasteiger partial charge in [-0.2, -0.15) is 0 Å². The molecule has 0 aromatic carbocycles. The first-order valence-electron chi connectivity index (χ1n) is 9.72. The van der Waals surface area contributed by atoms with Gasteiger partial charge in [-0.3, -0.25) is 9.59 Å². The second-order valence-corrected chi connectivity index (χ2v) is 9.32. The van der Waals surface area contributed by atoms with Gasteiger partial charge < -0.3 is 14.2 Å². The van der Waals surface area contributed by atoms with Crippen LogP contribution in [0.4, 0.5) is 0 Å². The third-order valence-corrected chi connectivity index (χ3v) is 5.62. The zero-order chi connectivity index (χ0) is 18.9. The van der Waals surface area contributed by atoms with Crippen molar-refractivity contribution >= 4 is 17.9 Å². The highest BCUT2D eigenvalue weighted by Gasteiger charge is 2.53. The Balaban J connectivity index is 1.38. The summed E-state index contributed by atoms with van der Waals surface area (Å²) in [6.07, 6.45) is 6.72. The second-order valence-electron chi connectivity index (χ2n) is 9.32. The summed E-state index contributed by atoms with van der Waals surface area (Å²) in [6, 6.07) is 0. The summed E-state index contributed by atoms with van der Waals surface area (Å²) in [4.78, 5) is 35.5. The van der Waals surface area contributed by atoms with E-state index < -0.39 is 24.1 Å². The van der Waals surface area contributed by atoms with Crippen LogP contribution in [0.1, 0.15) is 72.1 Å². The predicted molar refractivity (Wildman–Crippen MR) is 93.0 cm³/mol. The molecule has 4 fully saturated rings. The van der Waals surface area contributed by atoms with Crippen LogP contribution < -0.4 is 0 Å². The summed E-state index contributed by atoms with van der Waals surface area (Å²) in [5.74, 6) is 0.593. The lowest BCUT2D eigenvalue weighted by Crippen LogP contribution is -2.52. The monoisotopic (exact) mass is 366 g/mol. The topological polar surface area (TPSA) is 78.9 Å². The van der Waals surface area contributed by atoms with Crippen LogP contribution in [0.2, 0.25) is 0 Å². The first-order chi connectivity index (χ1) is 12.1. The van der Waals surface area contributed by atoms with Crippen molar-refractivity contribution in [1.82, 2.24) is 0 Å². The number of rotatable bonds is 6. The summed E-state index contributed by atoms with van der Waals surface area (Å²) >= 11 is 0. The van der Waals surface area contributed by atoms with Gasteiger partial charge in [0.25, 0.3) is 0 Å². The van der Waals surface area contributed by atoms with Crippen molar-refractivity contribution in [1.29, 1.82) is 0 Å². The molecule has 0 aliphatic heterocycles. The van der Waals surface area contributed by atoms with Crippen molar-refractivity contribution in [3.63, 3.8) is 0 Å². The zero-order valence-electron chi connectivity index (χ0n) is 16.0. The molecule has 4 bridgehead atoms. The predicted octanol–water partition coefficient (Wildman–Crippen LogP) is 3.16. The summed E-state index contributed by atoms with van der Waals surface area (Å²) in [6.45, 7) is 4.80. The third kappa shape index (κ3) is 4.98. The molecule has 0 heterocycles. The van der Waals surface area contributed by atoms with Crippen LogP contribution in [-0.4, -0.2) is 35.7 Å². The summed E-state index contributed by atoms with van der Waals surface area (Å²) in [7, 11) is 0. The lowest BCUT2D eigenvalue weighted by Gasteiger charge is -2.55. The highest BCUT2D eigenvalue weighted by Crippen LogP contribution is 2.57. The summed E-state index contributed by atoms with van der Waals surface area (Å²) < 4.78 is 15.8. The van der Waals surface area contributed by atoms with Gasteiger partial charge in [0.05, 0.1) is 12.8 Å². The van der Waals surface area contributed by atoms with Crippen LogP contribution in [0.25, 0.3) is 0 Å². The van der Waals surface area contributed by atoms with E-state index in [0.717, 1.165) is 19.3 Å². The summed E-state index contributed by atoms with van der Waals surface area (Å²) in [5, 5.41) is 0. The molecule has 0 amide bonds. The fourth-order valence-electron chi connectivity index (χ4n) is 5.24. The minimum absolute atomic E-state index is 0.00506. The smallest absolute Gasteiger partial charge is 0.344 e. The van der Waals surface area contributed by atoms with Crippen LogP contribution in [-0.2, 0) is 28.6 Å². The molecule has 6 nitrogen and oxygen atoms in total. The van der Waals surface area contributed by atoms with Crippen molar-refractivity contribution in [2.75, 3.05) is 6.61 Å². The van der Waals surface area contributed by atoms with Crippen molar-refractivity contribution in [3.05, 3.63) is 0 Å². The van der Waals surface area contributed by atoms with E-state index in [-0.39, 0.29) is 24.4 Å². The Morgan fingerprint density at radius 3 is 1.85 bits per heavy atom. The van der Waals surface area contributed by atoms with Crippen LogP contribution in [0, 0.1) is 17.8 Å². The molecule has 0 aromatic heterocycles. The van der Waals surface area contributed by atoms with Crippen LogP contribution >= 0.6 is 0 Å². The second kappa shape index (κ2) is 7.20. The van der Waals surface area contributed by atoms with Gasteiger partial charge in [-0.15, -0.1) is 0 Å². The van der Waals surface area contributed by atoms with Gasteiger partial charge in [-0.25, -0.2) is 4.79 Å². The van der Waals surface area contributed by atoms with E-state index >= 15 is 0 Å². The molecule has 4 rings (SSSR count). The van der Waals surface area contributed by atoms with E-state index in [1.165, 1.54) is 19.3 Å². The molecule has 0 saturated heterocycles. The van der Waals surface area contributed by atoms with Gasteiger partial charge >= 0.3 is 17.9 Å². The highest BCUT2D eigenvalue weighted by atomic mass is 16.6. The van der Waals surface area contributed by atoms with E-state index in [2.05, 4.69) is 0 Å². The molecule has 146 valence electrons. The SMILES string of the molecule is CC(C)(C)OC(=O)COC(=O)CCC(=O)OC12CC3CC(CC(C3)C1)C2. The molecular formula is C20H30O6. The Kier molecular flexibility index (Phi) is 5.31. The van der Waals surface area contributed by atoms with Crippen molar-refractivity contribution in [3.8, 4) is 0 Å². The quantitative estimate of drug-likeness (QED) is 0.531. The fourth-order valence-corrected chi connectivity index (χ4v) is 5.24. The third-order valence-electron chi connectivity index (χ3n) is 5.62. The lowest BCUT2D eigenvalue weighted by atomic mass is 9.54. The normalized spacial score (nSPS) is 32.2. The van der Waals surface area contributed by atoms with Crippen LogP contribution in [0.3, 0.4) is 0 Å². The van der Waals surface area contributed by atoms with E-state index in [0.29, 0.717) is 17.8 Å². The maximum Gasteiger partial charge on any atom is 0.344 e. The van der Waals surface area contributed by atoms with Gasteiger partial charge in [-0.05, 0) is 77.0 Å². The van der Waals surface area contributed by atoms with E-state index in [1.807, 2.05) is 0 Å². The Labute approximate surface area is 154 Å². The molecule has 0 spiro atoms. The molecule has 0 atom stereocenters. The van der Waals surface area contributed by atoms with Crippen molar-refractivity contribution in [2.24, 2.45) is 17.8 Å². The standard InChI is InChI=1S/C20H30O6/c1-19(2,3)25-18(23)12-24-16(21)4-5-17(22)26-20-9-13-6-14(10-20)8-15(7-13)11-20/h13-15H,4-12H2,1-3H3. The van der Waals surface area contributed by atoms with Gasteiger partial charge in [0, 0.05) is 0 Å². The molecule has 6 heteroatoms. The molecular weight excluding hydrogens is 336 g/mol. The minimum atomic E-state index is -0.620. The van der Waals surface area contributed by atoms with Gasteiger partial charge in [0.1, 0.15) is 11.2 Å². The average Bonchev–Trinajstić information content (AvgIpc) is 2.47. The van der Waals surface area contributed by atoms with Gasteiger partial charge in [0.15, 0.2) is 6.61 Å². The first kappa shape index (κ1) is 19.2. The molecule has 26 heavy (non-hydrogen) atoms. The van der Waals surface area contributed by atoms with Gasteiger partial charge in [0.2, 0.25) is 0 Å². The minimum Gasteiger partial charge on any atom is -0.459 e. The Bertz CT molecular complexity index is 538. The molecule has 4 saturated carbocycles. The highest BCUT2D eigenvalue weighted by molar-refractivity contribution is 5.80. The molecule has 0 aromatic rings. The molecule has 4 aliphatic rings. The average molecular weight is 366 g/mol. The van der Waals surface area contributed by atoms with E-state index in [1.54, 1.807) is 20.8 Å². The molecule has 0 unspecified atom stereocenters. The maximum atomic E-state index is 12.2. The number of ether oxygens (including phenoxy) is 3. The number of carbonyl (C=O) groups excluding carboxylic acids is 3. The fraction of sp³-hybridized carbons (Fsp3) is 0.850. The van der Waals surface area contributed by atoms with Gasteiger partial charge in [-0.1, -0.05) is 0 Å². The number of hydrogen-bond acceptors (Lipinski definition) is 6. The lowest BCUT2D eigenvalue weighted by molar-refractivity contribution is -0.187. The molecule has 0 radical (unpaired) electrons. The number of hydrogen-bond donors (Lipinski definition) is 0. The van der Waals surface area contributed by atoms with Crippen LogP contribution in [0.15, 0.2) is 0 Å². The van der Waals surface area contributed by atoms with Crippen molar-refractivity contribution < 1.29 is 28.6 Å². The van der Waals surface area contributed by atoms with Crippen molar-refractivity contribution in [2.45, 2.75) is 83.3 Å². The van der Waals surface area contributed by atoms with E-state index in [4.69, 9.17) is 14.2 Å². The molecule has 0 N–H and O–H groups in total. The van der Waals surface area contributed by atoms with E-state index in [9.17, 15) is 14.4 Å². The Morgan fingerprint density at radius 2 is 1.35 bits per heavy atom. The Hall–Kier alpha value is -1.59.